The Balaban J connectivity index is 3.02. The zero-order valence-electron chi connectivity index (χ0n) is 8.80. The highest BCUT2D eigenvalue weighted by Gasteiger charge is 2.23. The molecule has 0 aromatic rings. The molecule has 0 aromatic heterocycles. The summed E-state index contributed by atoms with van der Waals surface area (Å²) in [5, 5.41) is -0.421. The molecule has 0 spiro atoms. The van der Waals surface area contributed by atoms with Gasteiger partial charge in [-0.15, -0.1) is 0 Å². The Morgan fingerprint density at radius 2 is 2.21 bits per heavy atom. The second kappa shape index (κ2) is 4.14. The van der Waals surface area contributed by atoms with Crippen LogP contribution in [0.3, 0.4) is 0 Å². The molecule has 1 rings (SSSR count). The first kappa shape index (κ1) is 11.3. The first-order valence-corrected chi connectivity index (χ1v) is 5.07. The largest absolute Gasteiger partial charge is 0.276 e. The van der Waals surface area contributed by atoms with Crippen LogP contribution >= 0.6 is 11.6 Å². The van der Waals surface area contributed by atoms with E-state index in [4.69, 9.17) is 11.6 Å². The first-order valence-electron chi connectivity index (χ1n) is 4.69. The van der Waals surface area contributed by atoms with Crippen molar-refractivity contribution in [3.8, 4) is 0 Å². The topological polar surface area (TPSA) is 17.1 Å². The van der Waals surface area contributed by atoms with E-state index in [1.807, 2.05) is 6.08 Å². The number of rotatable bonds is 2. The van der Waals surface area contributed by atoms with Crippen LogP contribution < -0.4 is 0 Å². The van der Waals surface area contributed by atoms with Crippen LogP contribution in [0.5, 0.6) is 0 Å². The van der Waals surface area contributed by atoms with E-state index in [0.717, 1.165) is 6.42 Å². The third-order valence-electron chi connectivity index (χ3n) is 2.53. The fraction of sp³-hybridized carbons (Fsp3) is 0.417. The lowest BCUT2D eigenvalue weighted by Crippen LogP contribution is -2.16. The Hall–Kier alpha value is -0.820. The van der Waals surface area contributed by atoms with E-state index in [-0.39, 0.29) is 5.41 Å². The van der Waals surface area contributed by atoms with Crippen LogP contribution in [0.4, 0.5) is 0 Å². The lowest BCUT2D eigenvalue weighted by Gasteiger charge is -2.29. The molecule has 1 nitrogen and oxygen atoms in total. The maximum atomic E-state index is 10.6. The van der Waals surface area contributed by atoms with Gasteiger partial charge in [-0.2, -0.15) is 0 Å². The lowest BCUT2D eigenvalue weighted by molar-refractivity contribution is -0.107. The minimum atomic E-state index is -0.421. The molecule has 0 unspecified atom stereocenters. The zero-order valence-corrected chi connectivity index (χ0v) is 9.56. The molecule has 0 N–H and O–H groups in total. The summed E-state index contributed by atoms with van der Waals surface area (Å²) in [6.07, 6.45) is 8.49. The van der Waals surface area contributed by atoms with E-state index >= 15 is 0 Å². The van der Waals surface area contributed by atoms with Crippen molar-refractivity contribution < 1.29 is 4.79 Å². The molecule has 0 radical (unpaired) electrons. The second-order valence-corrected chi connectivity index (χ2v) is 4.60. The molecule has 2 heteroatoms. The van der Waals surface area contributed by atoms with E-state index in [0.29, 0.717) is 0 Å². The maximum Gasteiger partial charge on any atom is 0.245 e. The van der Waals surface area contributed by atoms with Crippen molar-refractivity contribution in [1.29, 1.82) is 0 Å². The molecule has 1 aliphatic carbocycles. The number of carbonyl (C=O) groups is 1. The van der Waals surface area contributed by atoms with E-state index in [9.17, 15) is 4.79 Å². The quantitative estimate of drug-likeness (QED) is 0.503. The van der Waals surface area contributed by atoms with Gasteiger partial charge in [0, 0.05) is 0 Å². The molecule has 0 atom stereocenters. The Bertz CT molecular complexity index is 332. The summed E-state index contributed by atoms with van der Waals surface area (Å²) < 4.78 is 0. The fourth-order valence-electron chi connectivity index (χ4n) is 1.77. The predicted octanol–water partition coefficient (Wildman–Crippen LogP) is 3.61. The van der Waals surface area contributed by atoms with Crippen molar-refractivity contribution in [1.82, 2.24) is 0 Å². The Kier molecular flexibility index (Phi) is 3.33. The van der Waals surface area contributed by atoms with Gasteiger partial charge in [-0.25, -0.2) is 0 Å². The Morgan fingerprint density at radius 3 is 2.71 bits per heavy atom. The standard InChI is InChI=1S/C12H15ClO/c1-9-5-4-8-12(2,3)10(9)6-7-11(13)14/h4-7H,8H2,1-3H3. The van der Waals surface area contributed by atoms with E-state index in [1.54, 1.807) is 0 Å². The number of halogens is 1. The number of hydrogen-bond donors (Lipinski definition) is 0. The van der Waals surface area contributed by atoms with Gasteiger partial charge in [0.05, 0.1) is 0 Å². The van der Waals surface area contributed by atoms with Crippen LogP contribution in [-0.2, 0) is 4.79 Å². The molecule has 76 valence electrons. The van der Waals surface area contributed by atoms with Gasteiger partial charge in [-0.3, -0.25) is 4.79 Å². The van der Waals surface area contributed by atoms with Crippen molar-refractivity contribution in [2.24, 2.45) is 5.41 Å². The molecule has 0 saturated heterocycles. The van der Waals surface area contributed by atoms with Gasteiger partial charge in [0.25, 0.3) is 0 Å². The summed E-state index contributed by atoms with van der Waals surface area (Å²) in [6.45, 7) is 6.38. The predicted molar refractivity (Wildman–Crippen MR) is 60.2 cm³/mol. The van der Waals surface area contributed by atoms with Crippen molar-refractivity contribution in [3.05, 3.63) is 35.5 Å². The highest BCUT2D eigenvalue weighted by atomic mass is 35.5. The molecule has 0 aromatic carbocycles. The Labute approximate surface area is 90.1 Å². The first-order chi connectivity index (χ1) is 6.43. The molecule has 0 heterocycles. The average Bonchev–Trinajstić information content (AvgIpc) is 2.01. The molecule has 14 heavy (non-hydrogen) atoms. The minimum Gasteiger partial charge on any atom is -0.276 e. The van der Waals surface area contributed by atoms with E-state index in [2.05, 4.69) is 32.9 Å². The maximum absolute atomic E-state index is 10.6. The highest BCUT2D eigenvalue weighted by molar-refractivity contribution is 6.66. The summed E-state index contributed by atoms with van der Waals surface area (Å²) >= 11 is 5.27. The van der Waals surface area contributed by atoms with Crippen LogP contribution in [0.1, 0.15) is 27.2 Å². The SMILES string of the molecule is CC1=C(C=CC(=O)Cl)C(C)(C)CC=C1. The molecule has 0 amide bonds. The van der Waals surface area contributed by atoms with Gasteiger partial charge in [0.2, 0.25) is 5.24 Å². The molecular weight excluding hydrogens is 196 g/mol. The van der Waals surface area contributed by atoms with Gasteiger partial charge in [-0.1, -0.05) is 32.1 Å². The van der Waals surface area contributed by atoms with Crippen molar-refractivity contribution in [2.45, 2.75) is 27.2 Å². The van der Waals surface area contributed by atoms with Crippen LogP contribution in [0.25, 0.3) is 0 Å². The fourth-order valence-corrected chi connectivity index (χ4v) is 1.83. The summed E-state index contributed by atoms with van der Waals surface area (Å²) in [4.78, 5) is 10.6. The van der Waals surface area contributed by atoms with Crippen LogP contribution in [0.2, 0.25) is 0 Å². The number of hydrogen-bond acceptors (Lipinski definition) is 1. The molecule has 1 aliphatic rings. The van der Waals surface area contributed by atoms with Crippen molar-refractivity contribution in [2.75, 3.05) is 0 Å². The third kappa shape index (κ3) is 2.58. The zero-order chi connectivity index (χ0) is 10.8. The van der Waals surface area contributed by atoms with E-state index in [1.165, 1.54) is 17.2 Å². The van der Waals surface area contributed by atoms with Gasteiger partial charge in [-0.05, 0) is 47.6 Å². The average molecular weight is 211 g/mol. The van der Waals surface area contributed by atoms with Crippen molar-refractivity contribution >= 4 is 16.8 Å². The van der Waals surface area contributed by atoms with Gasteiger partial charge >= 0.3 is 0 Å². The summed E-state index contributed by atoms with van der Waals surface area (Å²) in [7, 11) is 0. The van der Waals surface area contributed by atoms with Gasteiger partial charge < -0.3 is 0 Å². The summed E-state index contributed by atoms with van der Waals surface area (Å²) in [5.41, 5.74) is 2.49. The highest BCUT2D eigenvalue weighted by Crippen LogP contribution is 2.37. The van der Waals surface area contributed by atoms with Crippen LogP contribution in [0.15, 0.2) is 35.5 Å². The van der Waals surface area contributed by atoms with Crippen LogP contribution in [0, 0.1) is 5.41 Å². The lowest BCUT2D eigenvalue weighted by atomic mass is 9.75. The molecular formula is C12H15ClO. The van der Waals surface area contributed by atoms with E-state index < -0.39 is 5.24 Å². The molecule has 0 saturated carbocycles. The minimum absolute atomic E-state index is 0.0989. The van der Waals surface area contributed by atoms with Crippen LogP contribution in [-0.4, -0.2) is 5.24 Å². The molecule has 0 aliphatic heterocycles. The van der Waals surface area contributed by atoms with Gasteiger partial charge in [0.15, 0.2) is 0 Å². The normalized spacial score (nSPS) is 20.6. The summed E-state index contributed by atoms with van der Waals surface area (Å²) in [5.74, 6) is 0. The second-order valence-electron chi connectivity index (χ2n) is 4.22. The molecule has 0 fully saturated rings. The third-order valence-corrected chi connectivity index (χ3v) is 2.66. The van der Waals surface area contributed by atoms with Gasteiger partial charge in [0.1, 0.15) is 0 Å². The monoisotopic (exact) mass is 210 g/mol. The molecule has 0 bridgehead atoms. The van der Waals surface area contributed by atoms with Crippen molar-refractivity contribution in [3.63, 3.8) is 0 Å². The number of allylic oxidation sites excluding steroid dienone is 6. The smallest absolute Gasteiger partial charge is 0.245 e. The Morgan fingerprint density at radius 1 is 1.57 bits per heavy atom. The number of carbonyl (C=O) groups excluding carboxylic acids is 1. The summed E-state index contributed by atoms with van der Waals surface area (Å²) in [6, 6.07) is 0.